The van der Waals surface area contributed by atoms with Crippen LogP contribution in [0.3, 0.4) is 0 Å². The molecule has 14 heteroatoms. The second-order valence-corrected chi connectivity index (χ2v) is 15.1. The zero-order valence-electron chi connectivity index (χ0n) is 26.3. The molecule has 2 atom stereocenters. The number of piperidine rings is 1. The van der Waals surface area contributed by atoms with E-state index >= 15 is 0 Å². The summed E-state index contributed by atoms with van der Waals surface area (Å²) < 4.78 is 49.2. The summed E-state index contributed by atoms with van der Waals surface area (Å²) in [6.07, 6.45) is 6.84. The molecule has 1 aromatic heterocycles. The Morgan fingerprint density at radius 2 is 1.89 bits per heavy atom. The van der Waals surface area contributed by atoms with Crippen molar-refractivity contribution in [3.63, 3.8) is 0 Å². The second kappa shape index (κ2) is 11.4. The van der Waals surface area contributed by atoms with E-state index in [1.807, 2.05) is 55.1 Å². The van der Waals surface area contributed by atoms with Crippen molar-refractivity contribution in [2.45, 2.75) is 57.1 Å². The van der Waals surface area contributed by atoms with E-state index in [9.17, 15) is 13.2 Å². The van der Waals surface area contributed by atoms with Gasteiger partial charge in [0, 0.05) is 31.2 Å². The van der Waals surface area contributed by atoms with Crippen LogP contribution in [0, 0.1) is 0 Å². The molecule has 0 bridgehead atoms. The number of aromatic nitrogens is 2. The quantitative estimate of drug-likeness (QED) is 0.397. The van der Waals surface area contributed by atoms with Crippen molar-refractivity contribution in [1.82, 2.24) is 24.1 Å². The lowest BCUT2D eigenvalue weighted by atomic mass is 9.88. The van der Waals surface area contributed by atoms with Crippen LogP contribution in [-0.2, 0) is 32.8 Å². The van der Waals surface area contributed by atoms with E-state index in [0.29, 0.717) is 31.2 Å². The van der Waals surface area contributed by atoms with E-state index in [0.717, 1.165) is 82.4 Å². The number of benzene rings is 2. The molecule has 8 rings (SSSR count). The van der Waals surface area contributed by atoms with Gasteiger partial charge in [-0.3, -0.25) is 9.69 Å². The fourth-order valence-corrected chi connectivity index (χ4v) is 8.67. The number of carbonyl (C=O) groups is 1. The molecule has 0 saturated carbocycles. The Morgan fingerprint density at radius 1 is 1.09 bits per heavy atom. The number of anilines is 1. The highest BCUT2D eigenvalue weighted by Crippen LogP contribution is 2.49. The molecule has 6 heterocycles. The molecule has 0 radical (unpaired) electrons. The Bertz CT molecular complexity index is 1930. The van der Waals surface area contributed by atoms with Gasteiger partial charge in [-0.15, -0.1) is 0 Å². The predicted octanol–water partition coefficient (Wildman–Crippen LogP) is 3.83. The van der Waals surface area contributed by atoms with Crippen molar-refractivity contribution >= 4 is 44.4 Å². The molecule has 1 amide bonds. The molecule has 47 heavy (non-hydrogen) atoms. The number of carbonyl (C=O) groups excluding carboxylic acids is 1. The number of nitrogens with one attached hydrogen (secondary N) is 1. The van der Waals surface area contributed by atoms with Gasteiger partial charge in [0.05, 0.1) is 48.2 Å². The number of hydrogen-bond donors (Lipinski definition) is 1. The van der Waals surface area contributed by atoms with E-state index in [-0.39, 0.29) is 12.6 Å². The van der Waals surface area contributed by atoms with Gasteiger partial charge in [-0.2, -0.15) is 8.42 Å². The highest BCUT2D eigenvalue weighted by atomic mass is 35.5. The molecule has 5 aliphatic rings. The van der Waals surface area contributed by atoms with Crippen molar-refractivity contribution in [2.75, 3.05) is 44.1 Å². The van der Waals surface area contributed by atoms with Crippen molar-refractivity contribution in [2.24, 2.45) is 0 Å². The van der Waals surface area contributed by atoms with Crippen LogP contribution in [0.5, 0.6) is 11.5 Å². The molecule has 0 spiro atoms. The van der Waals surface area contributed by atoms with Crippen LogP contribution in [0.25, 0.3) is 11.0 Å². The molecule has 2 aromatic carbocycles. The lowest BCUT2D eigenvalue weighted by Crippen LogP contribution is -2.44. The molecule has 0 aliphatic carbocycles. The number of fused-ring (bicyclic) bond motifs is 2. The third kappa shape index (κ3) is 5.52. The van der Waals surface area contributed by atoms with Crippen LogP contribution in [0.4, 0.5) is 5.69 Å². The number of imidazole rings is 1. The summed E-state index contributed by atoms with van der Waals surface area (Å²) in [5.41, 5.74) is 4.14. The standard InChI is InChI=1S/C33H37ClN6O6S/c1-33(29-9-6-22(34)17-37(29)2)45-28-5-3-4-25(32(28)46-33)21-10-13-38(14-11-21)19-30-35-26-8-7-23(40-20-31(41)36-47(40,42)43)16-27(26)39(30)18-24-12-15-44-24/h3-9,16,21,24H,10-15,17-20H2,1-2H3,(H,36,41)/t24?,33-/m0/s1. The maximum atomic E-state index is 12.5. The Balaban J connectivity index is 0.999. The predicted molar refractivity (Wildman–Crippen MR) is 177 cm³/mol. The Kier molecular flexibility index (Phi) is 7.43. The fraction of sp³-hybridized carbons (Fsp3) is 0.455. The number of hydrogen-bond acceptors (Lipinski definition) is 9. The van der Waals surface area contributed by atoms with E-state index in [2.05, 4.69) is 20.4 Å². The van der Waals surface area contributed by atoms with Crippen molar-refractivity contribution < 1.29 is 27.4 Å². The zero-order valence-corrected chi connectivity index (χ0v) is 27.9. The Labute approximate surface area is 278 Å². The zero-order chi connectivity index (χ0) is 32.5. The molecule has 12 nitrogen and oxygen atoms in total. The minimum absolute atomic E-state index is 0.0876. The maximum Gasteiger partial charge on any atom is 0.326 e. The molecular weight excluding hydrogens is 644 g/mol. The fourth-order valence-electron chi connectivity index (χ4n) is 7.28. The first kappa shape index (κ1) is 30.5. The van der Waals surface area contributed by atoms with Crippen LogP contribution >= 0.6 is 11.6 Å². The lowest BCUT2D eigenvalue weighted by Gasteiger charge is -2.35. The van der Waals surface area contributed by atoms with Gasteiger partial charge < -0.3 is 23.7 Å². The van der Waals surface area contributed by atoms with Gasteiger partial charge in [0.25, 0.3) is 11.7 Å². The summed E-state index contributed by atoms with van der Waals surface area (Å²) in [7, 11) is -1.92. The van der Waals surface area contributed by atoms with E-state index in [1.165, 1.54) is 5.56 Å². The molecule has 3 aromatic rings. The number of halogens is 1. The normalized spacial score (nSPS) is 25.9. The highest BCUT2D eigenvalue weighted by molar-refractivity contribution is 7.92. The minimum Gasteiger partial charge on any atom is -0.443 e. The molecule has 3 fully saturated rings. The van der Waals surface area contributed by atoms with Gasteiger partial charge in [-0.05, 0) is 74.7 Å². The average molecular weight is 681 g/mol. The summed E-state index contributed by atoms with van der Waals surface area (Å²) in [5, 5.41) is 0.771. The summed E-state index contributed by atoms with van der Waals surface area (Å²) in [6, 6.07) is 11.5. The third-order valence-electron chi connectivity index (χ3n) is 9.79. The number of allylic oxidation sites excluding steroid dienone is 2. The van der Waals surface area contributed by atoms with Crippen molar-refractivity contribution in [3.8, 4) is 11.5 Å². The van der Waals surface area contributed by atoms with Gasteiger partial charge in [0.2, 0.25) is 0 Å². The minimum atomic E-state index is -3.91. The molecule has 1 unspecified atom stereocenters. The summed E-state index contributed by atoms with van der Waals surface area (Å²) in [6.45, 7) is 6.13. The Morgan fingerprint density at radius 3 is 2.60 bits per heavy atom. The van der Waals surface area contributed by atoms with Gasteiger partial charge in [0.1, 0.15) is 12.4 Å². The molecule has 1 N–H and O–H groups in total. The lowest BCUT2D eigenvalue weighted by molar-refractivity contribution is -0.117. The number of nitrogens with zero attached hydrogens (tertiary/aromatic N) is 5. The summed E-state index contributed by atoms with van der Waals surface area (Å²) in [5.74, 6) is 1.33. The van der Waals surface area contributed by atoms with Crippen LogP contribution < -0.4 is 18.5 Å². The monoisotopic (exact) mass is 680 g/mol. The Hall–Kier alpha value is -3.78. The van der Waals surface area contributed by atoms with Gasteiger partial charge >= 0.3 is 10.2 Å². The van der Waals surface area contributed by atoms with Gasteiger partial charge in [-0.1, -0.05) is 23.7 Å². The number of para-hydroxylation sites is 1. The molecule has 3 saturated heterocycles. The SMILES string of the molecule is CN1CC(Cl)=CC=C1[C@@]1(C)Oc2cccc(C3CCN(Cc4nc5ccc(N6CC(=O)NS6(=O)=O)cc5n4CC4CCO4)CC3)c2O1. The van der Waals surface area contributed by atoms with E-state index in [1.54, 1.807) is 6.07 Å². The molecule has 248 valence electrons. The van der Waals surface area contributed by atoms with Crippen LogP contribution in [0.15, 0.2) is 59.3 Å². The molecule has 5 aliphatic heterocycles. The molecular formula is C33H37ClN6O6S. The number of ether oxygens (including phenoxy) is 3. The van der Waals surface area contributed by atoms with E-state index < -0.39 is 21.9 Å². The van der Waals surface area contributed by atoms with Gasteiger partial charge in [-0.25, -0.2) is 14.0 Å². The number of amides is 1. The summed E-state index contributed by atoms with van der Waals surface area (Å²) in [4.78, 5) is 21.4. The van der Waals surface area contributed by atoms with Crippen LogP contribution in [0.2, 0.25) is 0 Å². The first-order chi connectivity index (χ1) is 22.6. The second-order valence-electron chi connectivity index (χ2n) is 13.0. The highest BCUT2D eigenvalue weighted by Gasteiger charge is 2.45. The van der Waals surface area contributed by atoms with E-state index in [4.69, 9.17) is 30.8 Å². The smallest absolute Gasteiger partial charge is 0.326 e. The maximum absolute atomic E-state index is 12.5. The largest absolute Gasteiger partial charge is 0.443 e. The first-order valence-corrected chi connectivity index (χ1v) is 17.8. The average Bonchev–Trinajstić information content (AvgIpc) is 3.63. The van der Waals surface area contributed by atoms with Crippen molar-refractivity contribution in [3.05, 3.63) is 70.7 Å². The topological polar surface area (TPSA) is 118 Å². The number of likely N-dealkylation sites (tertiary alicyclic amines) is 1. The number of likely N-dealkylation sites (N-methyl/N-ethyl adjacent to an activating group) is 1. The van der Waals surface area contributed by atoms with Crippen LogP contribution in [0.1, 0.15) is 43.5 Å². The van der Waals surface area contributed by atoms with Crippen molar-refractivity contribution in [1.29, 1.82) is 0 Å². The summed E-state index contributed by atoms with van der Waals surface area (Å²) >= 11 is 6.26. The van der Waals surface area contributed by atoms with Crippen LogP contribution in [-0.4, -0.2) is 85.4 Å². The number of rotatable bonds is 7. The third-order valence-corrected chi connectivity index (χ3v) is 11.4. The van der Waals surface area contributed by atoms with Gasteiger partial charge in [0.15, 0.2) is 11.5 Å². The first-order valence-electron chi connectivity index (χ1n) is 16.0.